The minimum atomic E-state index is 0.328. The van der Waals surface area contributed by atoms with Gasteiger partial charge in [-0.3, -0.25) is 4.79 Å². The maximum Gasteiger partial charge on any atom is 0.153 e. The Morgan fingerprint density at radius 2 is 1.65 bits per heavy atom. The highest BCUT2D eigenvalue weighted by molar-refractivity contribution is 9.10. The Hall–Kier alpha value is -0.830. The van der Waals surface area contributed by atoms with E-state index < -0.39 is 0 Å². The molecule has 2 aromatic rings. The van der Waals surface area contributed by atoms with Gasteiger partial charge in [-0.25, -0.2) is 0 Å². The number of aldehydes is 1. The lowest BCUT2D eigenvalue weighted by atomic mass is 10.0. The van der Waals surface area contributed by atoms with Crippen LogP contribution in [0.15, 0.2) is 40.9 Å². The van der Waals surface area contributed by atoms with Crippen molar-refractivity contribution in [2.45, 2.75) is 0 Å². The number of rotatable bonds is 2. The molecule has 0 unspecified atom stereocenters. The predicted octanol–water partition coefficient (Wildman–Crippen LogP) is 5.24. The van der Waals surface area contributed by atoms with Gasteiger partial charge in [0.15, 0.2) is 6.29 Å². The van der Waals surface area contributed by atoms with Crippen molar-refractivity contribution >= 4 is 45.4 Å². The summed E-state index contributed by atoms with van der Waals surface area (Å²) in [5.41, 5.74) is 2.07. The van der Waals surface area contributed by atoms with Crippen LogP contribution in [0.3, 0.4) is 0 Å². The summed E-state index contributed by atoms with van der Waals surface area (Å²) in [5.74, 6) is 0. The second kappa shape index (κ2) is 5.21. The third kappa shape index (κ3) is 2.54. The molecule has 0 spiro atoms. The minimum absolute atomic E-state index is 0.328. The third-order valence-electron chi connectivity index (χ3n) is 2.40. The molecule has 0 radical (unpaired) electrons. The van der Waals surface area contributed by atoms with Gasteiger partial charge in [0.2, 0.25) is 0 Å². The second-order valence-electron chi connectivity index (χ2n) is 3.45. The zero-order chi connectivity index (χ0) is 12.4. The number of carbonyl (C=O) groups excluding carboxylic acids is 1. The van der Waals surface area contributed by atoms with E-state index in [1.54, 1.807) is 12.1 Å². The molecule has 0 saturated heterocycles. The molecule has 0 saturated carbocycles. The van der Waals surface area contributed by atoms with E-state index in [9.17, 15) is 4.79 Å². The topological polar surface area (TPSA) is 17.1 Å². The standard InChI is InChI=1S/C13H7BrCl2O/c14-9-3-1-8(2-4-9)10-5-6-12(15)11(7-17)13(10)16/h1-7H. The summed E-state index contributed by atoms with van der Waals surface area (Å²) >= 11 is 15.4. The molecule has 0 fully saturated rings. The Balaban J connectivity index is 2.60. The van der Waals surface area contributed by atoms with Gasteiger partial charge >= 0.3 is 0 Å². The van der Waals surface area contributed by atoms with Crippen LogP contribution in [0.25, 0.3) is 11.1 Å². The summed E-state index contributed by atoms with van der Waals surface area (Å²) in [6.45, 7) is 0. The maximum atomic E-state index is 10.9. The molecule has 0 bridgehead atoms. The van der Waals surface area contributed by atoms with Crippen molar-refractivity contribution in [1.82, 2.24) is 0 Å². The number of benzene rings is 2. The van der Waals surface area contributed by atoms with Crippen molar-refractivity contribution in [3.8, 4) is 11.1 Å². The molecule has 0 N–H and O–H groups in total. The normalized spacial score (nSPS) is 10.3. The summed E-state index contributed by atoms with van der Waals surface area (Å²) in [4.78, 5) is 10.9. The van der Waals surface area contributed by atoms with Crippen molar-refractivity contribution in [1.29, 1.82) is 0 Å². The molecular weight excluding hydrogens is 323 g/mol. The van der Waals surface area contributed by atoms with Gasteiger partial charge in [0.05, 0.1) is 15.6 Å². The first-order valence-electron chi connectivity index (χ1n) is 4.82. The molecule has 0 aromatic heterocycles. The molecule has 2 rings (SSSR count). The largest absolute Gasteiger partial charge is 0.298 e. The summed E-state index contributed by atoms with van der Waals surface area (Å²) in [7, 11) is 0. The van der Waals surface area contributed by atoms with Gasteiger partial charge in [-0.1, -0.05) is 57.3 Å². The van der Waals surface area contributed by atoms with Gasteiger partial charge in [-0.05, 0) is 23.8 Å². The van der Waals surface area contributed by atoms with Crippen molar-refractivity contribution in [2.24, 2.45) is 0 Å². The van der Waals surface area contributed by atoms with Crippen LogP contribution >= 0.6 is 39.1 Å². The van der Waals surface area contributed by atoms with Gasteiger partial charge in [0.1, 0.15) is 0 Å². The average Bonchev–Trinajstić information content (AvgIpc) is 2.31. The Morgan fingerprint density at radius 1 is 1.00 bits per heavy atom. The van der Waals surface area contributed by atoms with Crippen LogP contribution in [0.1, 0.15) is 10.4 Å². The average molecular weight is 330 g/mol. The first kappa shape index (κ1) is 12.6. The van der Waals surface area contributed by atoms with Crippen molar-refractivity contribution in [2.75, 3.05) is 0 Å². The molecule has 0 amide bonds. The number of carbonyl (C=O) groups is 1. The monoisotopic (exact) mass is 328 g/mol. The molecule has 0 heterocycles. The summed E-state index contributed by atoms with van der Waals surface area (Å²) in [6.07, 6.45) is 0.674. The fourth-order valence-electron chi connectivity index (χ4n) is 1.53. The van der Waals surface area contributed by atoms with Gasteiger partial charge < -0.3 is 0 Å². The lowest BCUT2D eigenvalue weighted by Crippen LogP contribution is -1.88. The zero-order valence-electron chi connectivity index (χ0n) is 8.58. The molecule has 4 heteroatoms. The quantitative estimate of drug-likeness (QED) is 0.689. The summed E-state index contributed by atoms with van der Waals surface area (Å²) in [5, 5.41) is 0.751. The number of hydrogen-bond donors (Lipinski definition) is 0. The second-order valence-corrected chi connectivity index (χ2v) is 5.15. The third-order valence-corrected chi connectivity index (χ3v) is 3.67. The first-order valence-corrected chi connectivity index (χ1v) is 6.37. The van der Waals surface area contributed by atoms with Crippen molar-refractivity contribution in [3.63, 3.8) is 0 Å². The molecule has 2 aromatic carbocycles. The van der Waals surface area contributed by atoms with Crippen LogP contribution in [0.5, 0.6) is 0 Å². The maximum absolute atomic E-state index is 10.9. The molecule has 86 valence electrons. The predicted molar refractivity (Wildman–Crippen MR) is 75.0 cm³/mol. The van der Waals surface area contributed by atoms with E-state index in [0.717, 1.165) is 15.6 Å². The van der Waals surface area contributed by atoms with Gasteiger partial charge in [0, 0.05) is 10.0 Å². The van der Waals surface area contributed by atoms with Gasteiger partial charge in [-0.2, -0.15) is 0 Å². The van der Waals surface area contributed by atoms with E-state index in [2.05, 4.69) is 15.9 Å². The SMILES string of the molecule is O=Cc1c(Cl)ccc(-c2ccc(Br)cc2)c1Cl. The van der Waals surface area contributed by atoms with Crippen LogP contribution < -0.4 is 0 Å². The Labute approximate surface area is 117 Å². The van der Waals surface area contributed by atoms with Crippen LogP contribution in [-0.2, 0) is 0 Å². The van der Waals surface area contributed by atoms with E-state index in [-0.39, 0.29) is 0 Å². The molecule has 0 aliphatic rings. The van der Waals surface area contributed by atoms with Gasteiger partial charge in [-0.15, -0.1) is 0 Å². The van der Waals surface area contributed by atoms with Crippen LogP contribution in [0.4, 0.5) is 0 Å². The van der Waals surface area contributed by atoms with Crippen LogP contribution in [-0.4, -0.2) is 6.29 Å². The van der Waals surface area contributed by atoms with Crippen molar-refractivity contribution < 1.29 is 4.79 Å². The lowest BCUT2D eigenvalue weighted by molar-refractivity contribution is 0.112. The Bertz CT molecular complexity index is 564. The molecular formula is C13H7BrCl2O. The Morgan fingerprint density at radius 3 is 2.24 bits per heavy atom. The van der Waals surface area contributed by atoms with E-state index >= 15 is 0 Å². The van der Waals surface area contributed by atoms with Crippen LogP contribution in [0.2, 0.25) is 10.0 Å². The van der Waals surface area contributed by atoms with E-state index in [1.807, 2.05) is 24.3 Å². The zero-order valence-corrected chi connectivity index (χ0v) is 11.7. The van der Waals surface area contributed by atoms with Crippen LogP contribution in [0, 0.1) is 0 Å². The number of halogens is 3. The molecule has 0 atom stereocenters. The molecule has 0 aliphatic heterocycles. The number of hydrogen-bond acceptors (Lipinski definition) is 1. The van der Waals surface area contributed by atoms with E-state index in [0.29, 0.717) is 21.9 Å². The van der Waals surface area contributed by atoms with E-state index in [1.165, 1.54) is 0 Å². The fraction of sp³-hybridized carbons (Fsp3) is 0. The molecule has 1 nitrogen and oxygen atoms in total. The molecule has 0 aliphatic carbocycles. The minimum Gasteiger partial charge on any atom is -0.298 e. The van der Waals surface area contributed by atoms with Crippen molar-refractivity contribution in [3.05, 3.63) is 56.5 Å². The first-order chi connectivity index (χ1) is 8.13. The molecule has 17 heavy (non-hydrogen) atoms. The summed E-state index contributed by atoms with van der Waals surface area (Å²) < 4.78 is 0.988. The Kier molecular flexibility index (Phi) is 3.87. The highest BCUT2D eigenvalue weighted by Gasteiger charge is 2.11. The van der Waals surface area contributed by atoms with Gasteiger partial charge in [0.25, 0.3) is 0 Å². The summed E-state index contributed by atoms with van der Waals surface area (Å²) in [6, 6.07) is 11.2. The fourth-order valence-corrected chi connectivity index (χ4v) is 2.36. The smallest absolute Gasteiger partial charge is 0.153 e. The van der Waals surface area contributed by atoms with E-state index in [4.69, 9.17) is 23.2 Å². The highest BCUT2D eigenvalue weighted by Crippen LogP contribution is 2.34. The highest BCUT2D eigenvalue weighted by atomic mass is 79.9. The lowest BCUT2D eigenvalue weighted by Gasteiger charge is -2.08.